The second-order valence-corrected chi connectivity index (χ2v) is 10.5. The highest BCUT2D eigenvalue weighted by Gasteiger charge is 2.52. The third-order valence-electron chi connectivity index (χ3n) is 8.57. The van der Waals surface area contributed by atoms with Crippen molar-refractivity contribution in [1.82, 2.24) is 0 Å². The van der Waals surface area contributed by atoms with Gasteiger partial charge in [-0.3, -0.25) is 4.79 Å². The zero-order valence-electron chi connectivity index (χ0n) is 17.6. The van der Waals surface area contributed by atoms with Crippen molar-refractivity contribution >= 4 is 5.97 Å². The molecule has 3 heteroatoms. The quantitative estimate of drug-likeness (QED) is 0.657. The second-order valence-electron chi connectivity index (χ2n) is 10.5. The summed E-state index contributed by atoms with van der Waals surface area (Å²) in [6, 6.07) is 14.9. The van der Waals surface area contributed by atoms with Crippen LogP contribution in [0.1, 0.15) is 62.0 Å². The molecule has 30 heavy (non-hydrogen) atoms. The molecule has 5 fully saturated rings. The van der Waals surface area contributed by atoms with E-state index in [0.29, 0.717) is 11.7 Å². The lowest BCUT2D eigenvalue weighted by atomic mass is 9.48. The number of aromatic hydroxyl groups is 1. The third-order valence-corrected chi connectivity index (χ3v) is 8.57. The molecule has 2 unspecified atom stereocenters. The van der Waals surface area contributed by atoms with Crippen LogP contribution in [-0.2, 0) is 14.9 Å². The van der Waals surface area contributed by atoms with Crippen LogP contribution < -0.4 is 0 Å². The van der Waals surface area contributed by atoms with E-state index in [1.807, 2.05) is 12.1 Å². The lowest BCUT2D eigenvalue weighted by Gasteiger charge is -2.57. The summed E-state index contributed by atoms with van der Waals surface area (Å²) in [5.41, 5.74) is 4.96. The molecule has 5 aliphatic carbocycles. The van der Waals surface area contributed by atoms with E-state index in [2.05, 4.69) is 30.3 Å². The molecule has 4 bridgehead atoms. The molecule has 5 saturated carbocycles. The van der Waals surface area contributed by atoms with Crippen LogP contribution in [0.4, 0.5) is 0 Å². The molecule has 0 aromatic heterocycles. The van der Waals surface area contributed by atoms with Gasteiger partial charge in [0.15, 0.2) is 0 Å². The smallest absolute Gasteiger partial charge is 0.309 e. The van der Waals surface area contributed by atoms with Gasteiger partial charge in [0.1, 0.15) is 5.75 Å². The summed E-state index contributed by atoms with van der Waals surface area (Å²) < 4.78 is 4.88. The number of phenolic OH excluding ortho intramolecular Hbond substituents is 1. The van der Waals surface area contributed by atoms with Gasteiger partial charge in [-0.1, -0.05) is 30.3 Å². The number of hydrogen-bond donors (Lipinski definition) is 1. The van der Waals surface area contributed by atoms with Crippen LogP contribution in [0.25, 0.3) is 11.1 Å². The van der Waals surface area contributed by atoms with Crippen molar-refractivity contribution in [2.75, 3.05) is 7.11 Å². The van der Waals surface area contributed by atoms with Gasteiger partial charge in [0.05, 0.1) is 13.0 Å². The number of esters is 1. The van der Waals surface area contributed by atoms with Gasteiger partial charge >= 0.3 is 5.97 Å². The van der Waals surface area contributed by atoms with E-state index in [4.69, 9.17) is 4.74 Å². The first kappa shape index (κ1) is 18.5. The maximum Gasteiger partial charge on any atom is 0.309 e. The van der Waals surface area contributed by atoms with E-state index in [0.717, 1.165) is 24.2 Å². The molecule has 2 aromatic rings. The zero-order chi connectivity index (χ0) is 20.5. The molecule has 156 valence electrons. The standard InChI is InChI=1S/C27H30O3/c1-30-26(29)23-12-22(23)20-4-2-19(3-5-20)21-6-7-25(28)24(11-21)27-13-16-8-17(14-27)10-18(9-16)15-27/h2-7,11,16-18,22-23,28H,8-10,12-15H2,1H3. The molecule has 7 rings (SSSR count). The van der Waals surface area contributed by atoms with Crippen LogP contribution in [0.15, 0.2) is 42.5 Å². The zero-order valence-corrected chi connectivity index (χ0v) is 17.6. The number of carbonyl (C=O) groups excluding carboxylic acids is 1. The molecular formula is C27H30O3. The summed E-state index contributed by atoms with van der Waals surface area (Å²) in [6.45, 7) is 0. The number of methoxy groups -OCH3 is 1. The number of ether oxygens (including phenoxy) is 1. The Morgan fingerprint density at radius 3 is 2.10 bits per heavy atom. The molecular weight excluding hydrogens is 372 g/mol. The average molecular weight is 403 g/mol. The van der Waals surface area contributed by atoms with E-state index in [-0.39, 0.29) is 17.3 Å². The monoisotopic (exact) mass is 402 g/mol. The number of carbonyl (C=O) groups is 1. The van der Waals surface area contributed by atoms with Crippen LogP contribution >= 0.6 is 0 Å². The molecule has 0 radical (unpaired) electrons. The van der Waals surface area contributed by atoms with E-state index >= 15 is 0 Å². The fourth-order valence-electron chi connectivity index (χ4n) is 7.48. The highest BCUT2D eigenvalue weighted by atomic mass is 16.5. The molecule has 0 aliphatic heterocycles. The minimum absolute atomic E-state index is 0.0252. The predicted octanol–water partition coefficient (Wildman–Crippen LogP) is 5.80. The fraction of sp³-hybridized carbons (Fsp3) is 0.519. The number of rotatable bonds is 4. The minimum atomic E-state index is -0.0946. The first-order chi connectivity index (χ1) is 14.5. The molecule has 0 saturated heterocycles. The van der Waals surface area contributed by atoms with Crippen LogP contribution in [0.2, 0.25) is 0 Å². The average Bonchev–Trinajstić information content (AvgIpc) is 3.54. The van der Waals surface area contributed by atoms with Crippen LogP contribution in [0.3, 0.4) is 0 Å². The highest BCUT2D eigenvalue weighted by molar-refractivity contribution is 5.77. The Kier molecular flexibility index (Phi) is 4.07. The SMILES string of the molecule is COC(=O)C1CC1c1ccc(-c2ccc(O)c(C34CC5CC(CC(C5)C3)C4)c2)cc1. The second kappa shape index (κ2) is 6.60. The fourth-order valence-corrected chi connectivity index (χ4v) is 7.48. The number of phenols is 1. The van der Waals surface area contributed by atoms with Gasteiger partial charge in [-0.25, -0.2) is 0 Å². The Labute approximate surface area is 178 Å². The summed E-state index contributed by atoms with van der Waals surface area (Å²) >= 11 is 0. The largest absolute Gasteiger partial charge is 0.508 e. The highest BCUT2D eigenvalue weighted by Crippen LogP contribution is 2.62. The van der Waals surface area contributed by atoms with Gasteiger partial charge in [0.25, 0.3) is 0 Å². The lowest BCUT2D eigenvalue weighted by Crippen LogP contribution is -2.48. The molecule has 0 heterocycles. The molecule has 3 nitrogen and oxygen atoms in total. The Bertz CT molecular complexity index is 954. The first-order valence-corrected chi connectivity index (χ1v) is 11.6. The van der Waals surface area contributed by atoms with Crippen molar-refractivity contribution in [3.05, 3.63) is 53.6 Å². The summed E-state index contributed by atoms with van der Waals surface area (Å²) in [5, 5.41) is 10.8. The normalized spacial score (nSPS) is 36.0. The molecule has 0 spiro atoms. The van der Waals surface area contributed by atoms with Crippen LogP contribution in [0.5, 0.6) is 5.75 Å². The van der Waals surface area contributed by atoms with Crippen molar-refractivity contribution < 1.29 is 14.6 Å². The number of hydrogen-bond acceptors (Lipinski definition) is 3. The Balaban J connectivity index is 1.29. The summed E-state index contributed by atoms with van der Waals surface area (Å²) in [7, 11) is 1.47. The van der Waals surface area contributed by atoms with Crippen molar-refractivity contribution in [2.45, 2.75) is 56.3 Å². The minimum Gasteiger partial charge on any atom is -0.508 e. The lowest BCUT2D eigenvalue weighted by molar-refractivity contribution is -0.142. The van der Waals surface area contributed by atoms with Crippen LogP contribution in [0, 0.1) is 23.7 Å². The predicted molar refractivity (Wildman–Crippen MR) is 116 cm³/mol. The van der Waals surface area contributed by atoms with Gasteiger partial charge in [0, 0.05) is 5.56 Å². The van der Waals surface area contributed by atoms with E-state index in [9.17, 15) is 9.90 Å². The molecule has 5 aliphatic rings. The summed E-state index contributed by atoms with van der Waals surface area (Å²) in [4.78, 5) is 11.7. The van der Waals surface area contributed by atoms with E-state index in [1.54, 1.807) is 0 Å². The Morgan fingerprint density at radius 1 is 0.900 bits per heavy atom. The van der Waals surface area contributed by atoms with Crippen molar-refractivity contribution in [2.24, 2.45) is 23.7 Å². The Hall–Kier alpha value is -2.29. The van der Waals surface area contributed by atoms with Gasteiger partial charge < -0.3 is 9.84 Å². The van der Waals surface area contributed by atoms with Crippen molar-refractivity contribution in [3.8, 4) is 16.9 Å². The molecule has 2 atom stereocenters. The maximum atomic E-state index is 11.7. The number of benzene rings is 2. The van der Waals surface area contributed by atoms with E-state index in [1.165, 1.54) is 67.9 Å². The first-order valence-electron chi connectivity index (χ1n) is 11.6. The molecule has 2 aromatic carbocycles. The van der Waals surface area contributed by atoms with Gasteiger partial charge in [-0.05, 0) is 103 Å². The molecule has 1 N–H and O–H groups in total. The van der Waals surface area contributed by atoms with Crippen molar-refractivity contribution in [3.63, 3.8) is 0 Å². The summed E-state index contributed by atoms with van der Waals surface area (Å²) in [5.74, 6) is 3.30. The van der Waals surface area contributed by atoms with Gasteiger partial charge in [-0.15, -0.1) is 0 Å². The Morgan fingerprint density at radius 2 is 1.50 bits per heavy atom. The topological polar surface area (TPSA) is 46.5 Å². The van der Waals surface area contributed by atoms with Crippen molar-refractivity contribution in [1.29, 1.82) is 0 Å². The van der Waals surface area contributed by atoms with Gasteiger partial charge in [-0.2, -0.15) is 0 Å². The molecule has 0 amide bonds. The maximum absolute atomic E-state index is 11.7. The van der Waals surface area contributed by atoms with E-state index < -0.39 is 0 Å². The summed E-state index contributed by atoms with van der Waals surface area (Å²) in [6.07, 6.45) is 8.89. The van der Waals surface area contributed by atoms with Gasteiger partial charge in [0.2, 0.25) is 0 Å². The third kappa shape index (κ3) is 2.89. The van der Waals surface area contributed by atoms with Crippen LogP contribution in [-0.4, -0.2) is 18.2 Å².